The first-order valence-electron chi connectivity index (χ1n) is 9.64. The first-order chi connectivity index (χ1) is 13.1. The maximum atomic E-state index is 12.5. The molecule has 4 nitrogen and oxygen atoms in total. The van der Waals surface area contributed by atoms with Crippen LogP contribution in [0.25, 0.3) is 0 Å². The third-order valence-electron chi connectivity index (χ3n) is 4.82. The summed E-state index contributed by atoms with van der Waals surface area (Å²) in [5.41, 5.74) is 2.41. The van der Waals surface area contributed by atoms with Gasteiger partial charge in [0.1, 0.15) is 5.75 Å². The van der Waals surface area contributed by atoms with Crippen LogP contribution in [0.2, 0.25) is 5.02 Å². The molecular formula is C22H27ClN2O2. The average Bonchev–Trinajstić information content (AvgIpc) is 3.19. The molecule has 0 spiro atoms. The van der Waals surface area contributed by atoms with E-state index in [-0.39, 0.29) is 5.91 Å². The lowest BCUT2D eigenvalue weighted by atomic mass is 10.1. The highest BCUT2D eigenvalue weighted by molar-refractivity contribution is 6.30. The van der Waals surface area contributed by atoms with Gasteiger partial charge < -0.3 is 10.1 Å². The minimum absolute atomic E-state index is 0.0996. The van der Waals surface area contributed by atoms with E-state index < -0.39 is 6.10 Å². The van der Waals surface area contributed by atoms with E-state index >= 15 is 0 Å². The number of carbonyl (C=O) groups excluding carboxylic acids is 1. The van der Waals surface area contributed by atoms with E-state index in [1.807, 2.05) is 6.92 Å². The fourth-order valence-electron chi connectivity index (χ4n) is 3.34. The van der Waals surface area contributed by atoms with Gasteiger partial charge in [0.2, 0.25) is 0 Å². The van der Waals surface area contributed by atoms with E-state index in [1.165, 1.54) is 31.5 Å². The van der Waals surface area contributed by atoms with Crippen LogP contribution in [0.15, 0.2) is 48.5 Å². The Hall–Kier alpha value is -2.04. The van der Waals surface area contributed by atoms with Crippen LogP contribution in [-0.2, 0) is 17.9 Å². The van der Waals surface area contributed by atoms with Gasteiger partial charge in [-0.1, -0.05) is 42.8 Å². The number of rotatable bonds is 8. The quantitative estimate of drug-likeness (QED) is 0.730. The molecule has 144 valence electrons. The number of halogens is 1. The van der Waals surface area contributed by atoms with E-state index in [2.05, 4.69) is 34.5 Å². The minimum atomic E-state index is -0.515. The number of ether oxygens (including phenoxy) is 1. The van der Waals surface area contributed by atoms with Crippen molar-refractivity contribution >= 4 is 17.5 Å². The fourth-order valence-corrected chi connectivity index (χ4v) is 3.47. The molecule has 0 unspecified atom stereocenters. The summed E-state index contributed by atoms with van der Waals surface area (Å²) in [6.07, 6.45) is 2.67. The standard InChI is InChI=1S/C22H27ClN2O2/c1-2-21(27-20-10-8-19(23)9-11-20)22(26)24-15-17-6-5-7-18(14-17)16-25-12-3-4-13-25/h5-11,14,21H,2-4,12-13,15-16H2,1H3,(H,24,26)/t21-/m1/s1. The molecule has 1 aliphatic heterocycles. The second-order valence-electron chi connectivity index (χ2n) is 6.99. The third kappa shape index (κ3) is 5.98. The van der Waals surface area contributed by atoms with Crippen molar-refractivity contribution in [3.63, 3.8) is 0 Å². The molecule has 3 rings (SSSR count). The summed E-state index contributed by atoms with van der Waals surface area (Å²) in [5.74, 6) is 0.548. The second-order valence-corrected chi connectivity index (χ2v) is 7.43. The van der Waals surface area contributed by atoms with Gasteiger partial charge in [0.25, 0.3) is 5.91 Å². The van der Waals surface area contributed by atoms with Gasteiger partial charge in [-0.05, 0) is 67.7 Å². The van der Waals surface area contributed by atoms with Gasteiger partial charge in [-0.3, -0.25) is 9.69 Å². The smallest absolute Gasteiger partial charge is 0.261 e. The summed E-state index contributed by atoms with van der Waals surface area (Å²) in [6, 6.07) is 15.5. The molecule has 0 aliphatic carbocycles. The highest BCUT2D eigenvalue weighted by Crippen LogP contribution is 2.18. The number of benzene rings is 2. The number of hydrogen-bond donors (Lipinski definition) is 1. The maximum absolute atomic E-state index is 12.5. The second kappa shape index (κ2) is 9.77. The lowest BCUT2D eigenvalue weighted by Crippen LogP contribution is -2.37. The molecule has 1 aliphatic rings. The minimum Gasteiger partial charge on any atom is -0.481 e. The Morgan fingerprint density at radius 2 is 1.85 bits per heavy atom. The lowest BCUT2D eigenvalue weighted by Gasteiger charge is -2.18. The number of likely N-dealkylation sites (tertiary alicyclic amines) is 1. The Labute approximate surface area is 166 Å². The zero-order chi connectivity index (χ0) is 19.1. The van der Waals surface area contributed by atoms with Crippen molar-refractivity contribution in [2.45, 2.75) is 45.4 Å². The van der Waals surface area contributed by atoms with Crippen molar-refractivity contribution in [3.05, 3.63) is 64.7 Å². The van der Waals surface area contributed by atoms with E-state index in [4.69, 9.17) is 16.3 Å². The van der Waals surface area contributed by atoms with Crippen LogP contribution in [0.5, 0.6) is 5.75 Å². The van der Waals surface area contributed by atoms with Crippen LogP contribution in [0.1, 0.15) is 37.3 Å². The van der Waals surface area contributed by atoms with Gasteiger partial charge in [0.15, 0.2) is 6.10 Å². The van der Waals surface area contributed by atoms with Crippen LogP contribution in [0.4, 0.5) is 0 Å². The van der Waals surface area contributed by atoms with Crippen LogP contribution in [0.3, 0.4) is 0 Å². The van der Waals surface area contributed by atoms with Crippen molar-refractivity contribution in [1.82, 2.24) is 10.2 Å². The highest BCUT2D eigenvalue weighted by Gasteiger charge is 2.18. The summed E-state index contributed by atoms with van der Waals surface area (Å²) in [5, 5.41) is 3.65. The molecule has 1 amide bonds. The molecule has 2 aromatic rings. The maximum Gasteiger partial charge on any atom is 0.261 e. The molecule has 0 radical (unpaired) electrons. The topological polar surface area (TPSA) is 41.6 Å². The van der Waals surface area contributed by atoms with Crippen LogP contribution in [0, 0.1) is 0 Å². The van der Waals surface area contributed by atoms with E-state index in [0.717, 1.165) is 12.1 Å². The van der Waals surface area contributed by atoms with Crippen molar-refractivity contribution in [2.24, 2.45) is 0 Å². The first-order valence-corrected chi connectivity index (χ1v) is 10.0. The molecule has 5 heteroatoms. The Morgan fingerprint density at radius 1 is 1.15 bits per heavy atom. The molecule has 1 atom stereocenters. The number of amides is 1. The van der Waals surface area contributed by atoms with E-state index in [1.54, 1.807) is 24.3 Å². The Bertz CT molecular complexity index is 742. The summed E-state index contributed by atoms with van der Waals surface area (Å²) >= 11 is 5.89. The van der Waals surface area contributed by atoms with E-state index in [0.29, 0.717) is 23.7 Å². The van der Waals surface area contributed by atoms with Gasteiger partial charge in [-0.25, -0.2) is 0 Å². The van der Waals surface area contributed by atoms with Gasteiger partial charge in [0.05, 0.1) is 0 Å². The van der Waals surface area contributed by atoms with Crippen molar-refractivity contribution in [1.29, 1.82) is 0 Å². The van der Waals surface area contributed by atoms with Crippen LogP contribution >= 0.6 is 11.6 Å². The lowest BCUT2D eigenvalue weighted by molar-refractivity contribution is -0.128. The fraction of sp³-hybridized carbons (Fsp3) is 0.409. The third-order valence-corrected chi connectivity index (χ3v) is 5.07. The number of nitrogens with one attached hydrogen (secondary N) is 1. The summed E-state index contributed by atoms with van der Waals surface area (Å²) in [7, 11) is 0. The predicted molar refractivity (Wildman–Crippen MR) is 109 cm³/mol. The number of carbonyl (C=O) groups is 1. The van der Waals surface area contributed by atoms with Gasteiger partial charge in [-0.2, -0.15) is 0 Å². The predicted octanol–water partition coefficient (Wildman–Crippen LogP) is 4.41. The molecule has 0 saturated carbocycles. The SMILES string of the molecule is CC[C@@H](Oc1ccc(Cl)cc1)C(=O)NCc1cccc(CN2CCCC2)c1. The summed E-state index contributed by atoms with van der Waals surface area (Å²) in [4.78, 5) is 15.0. The molecule has 0 aromatic heterocycles. The number of hydrogen-bond acceptors (Lipinski definition) is 3. The van der Waals surface area contributed by atoms with E-state index in [9.17, 15) is 4.79 Å². The Balaban J connectivity index is 1.53. The normalized spacial score (nSPS) is 15.5. The van der Waals surface area contributed by atoms with Crippen molar-refractivity contribution in [2.75, 3.05) is 13.1 Å². The Morgan fingerprint density at radius 3 is 2.56 bits per heavy atom. The molecule has 0 bridgehead atoms. The molecule has 1 N–H and O–H groups in total. The van der Waals surface area contributed by atoms with Crippen LogP contribution in [-0.4, -0.2) is 30.0 Å². The highest BCUT2D eigenvalue weighted by atomic mass is 35.5. The van der Waals surface area contributed by atoms with Crippen LogP contribution < -0.4 is 10.1 Å². The van der Waals surface area contributed by atoms with Crippen molar-refractivity contribution < 1.29 is 9.53 Å². The molecule has 27 heavy (non-hydrogen) atoms. The summed E-state index contributed by atoms with van der Waals surface area (Å²) in [6.45, 7) is 5.80. The largest absolute Gasteiger partial charge is 0.481 e. The summed E-state index contributed by atoms with van der Waals surface area (Å²) < 4.78 is 5.80. The molecule has 1 saturated heterocycles. The molecule has 2 aromatic carbocycles. The molecule has 1 heterocycles. The first kappa shape index (κ1) is 19.7. The van der Waals surface area contributed by atoms with Crippen molar-refractivity contribution in [3.8, 4) is 5.75 Å². The Kier molecular flexibility index (Phi) is 7.13. The molecule has 1 fully saturated rings. The van der Waals surface area contributed by atoms with Gasteiger partial charge >= 0.3 is 0 Å². The zero-order valence-electron chi connectivity index (χ0n) is 15.8. The zero-order valence-corrected chi connectivity index (χ0v) is 16.5. The van der Waals surface area contributed by atoms with Gasteiger partial charge in [-0.15, -0.1) is 0 Å². The average molecular weight is 387 g/mol. The monoisotopic (exact) mass is 386 g/mol. The van der Waals surface area contributed by atoms with Gasteiger partial charge in [0, 0.05) is 18.1 Å². The molecular weight excluding hydrogens is 360 g/mol. The number of nitrogens with zero attached hydrogens (tertiary/aromatic N) is 1.